The number of benzene rings is 2. The second kappa shape index (κ2) is 15.5. The van der Waals surface area contributed by atoms with Gasteiger partial charge in [0.15, 0.2) is 0 Å². The van der Waals surface area contributed by atoms with Crippen molar-refractivity contribution >= 4 is 41.7 Å². The summed E-state index contributed by atoms with van der Waals surface area (Å²) in [7, 11) is 0.615. The summed E-state index contributed by atoms with van der Waals surface area (Å²) in [5, 5.41) is 21.4. The van der Waals surface area contributed by atoms with E-state index in [-0.39, 0.29) is 11.8 Å². The molecule has 2 aromatic heterocycles. The van der Waals surface area contributed by atoms with Crippen molar-refractivity contribution in [2.24, 2.45) is 11.8 Å². The maximum atomic E-state index is 12.8. The van der Waals surface area contributed by atoms with Crippen LogP contribution in [0.2, 0.25) is 0 Å². The van der Waals surface area contributed by atoms with E-state index in [1.807, 2.05) is 36.4 Å². The predicted molar refractivity (Wildman–Crippen MR) is 180 cm³/mol. The zero-order chi connectivity index (χ0) is 33.5. The second-order valence-corrected chi connectivity index (χ2v) is 13.0. The van der Waals surface area contributed by atoms with E-state index >= 15 is 0 Å². The van der Waals surface area contributed by atoms with Crippen LogP contribution in [0.4, 0.5) is 11.6 Å². The van der Waals surface area contributed by atoms with Crippen molar-refractivity contribution in [1.82, 2.24) is 19.9 Å². The number of rotatable bonds is 12. The molecule has 48 heavy (non-hydrogen) atoms. The van der Waals surface area contributed by atoms with Gasteiger partial charge in [0.1, 0.15) is 46.8 Å². The third-order valence-electron chi connectivity index (χ3n) is 9.29. The summed E-state index contributed by atoms with van der Waals surface area (Å²) >= 11 is 0. The Morgan fingerprint density at radius 2 is 1.15 bits per heavy atom. The second-order valence-electron chi connectivity index (χ2n) is 12.1. The van der Waals surface area contributed by atoms with Crippen LogP contribution >= 0.6 is 8.25 Å². The van der Waals surface area contributed by atoms with Crippen molar-refractivity contribution in [2.45, 2.75) is 50.7 Å². The van der Waals surface area contributed by atoms with Gasteiger partial charge in [-0.25, -0.2) is 19.9 Å². The summed E-state index contributed by atoms with van der Waals surface area (Å²) in [6.45, 7) is 3.02. The quantitative estimate of drug-likeness (QED) is 0.162. The molecule has 0 bridgehead atoms. The van der Waals surface area contributed by atoms with Crippen molar-refractivity contribution in [3.05, 3.63) is 49.1 Å². The minimum Gasteiger partial charge on any atom is -0.494 e. The monoisotopic (exact) mass is 669 g/mol. The number of ether oxygens (including phenoxy) is 2. The first kappa shape index (κ1) is 33.2. The van der Waals surface area contributed by atoms with Gasteiger partial charge in [-0.1, -0.05) is 12.1 Å². The number of hydrogen-bond acceptors (Lipinski definition) is 13. The Hall–Kier alpha value is -4.68. The van der Waals surface area contributed by atoms with Crippen LogP contribution in [0.1, 0.15) is 38.5 Å². The summed E-state index contributed by atoms with van der Waals surface area (Å²) in [4.78, 5) is 22.3. The van der Waals surface area contributed by atoms with E-state index in [4.69, 9.17) is 18.5 Å². The summed E-state index contributed by atoms with van der Waals surface area (Å²) in [6, 6.07) is 15.9. The maximum absolute atomic E-state index is 12.8. The minimum atomic E-state index is -2.64. The van der Waals surface area contributed by atoms with Crippen LogP contribution in [0.5, 0.6) is 11.5 Å². The Bertz CT molecular complexity index is 1700. The normalized spacial score (nSPS) is 17.5. The number of para-hydroxylation sites is 2. The van der Waals surface area contributed by atoms with Gasteiger partial charge >= 0.3 is 8.25 Å². The molecular formula is C34H38N8O5P+. The van der Waals surface area contributed by atoms with Crippen molar-refractivity contribution < 1.29 is 23.1 Å². The molecule has 2 fully saturated rings. The van der Waals surface area contributed by atoms with E-state index in [0.29, 0.717) is 24.3 Å². The Balaban J connectivity index is 0.966. The van der Waals surface area contributed by atoms with Crippen LogP contribution in [0.25, 0.3) is 21.8 Å². The molecule has 2 unspecified atom stereocenters. The standard InChI is InChI=1S/C34H38N8O5P/c1-44-29-7-3-5-27-31(29)37-21-39-33(27)41-13-9-23(10-14-41)17-25(19-35)46-48(43)47-26(20-36)18-24-11-15-42(16-12-24)34-28-6-4-8-30(45-2)32(28)38-22-40-34/h3-8,21-26H,9-18H2,1-2H3/q+1. The topological polar surface area (TPSA) is 160 Å². The Morgan fingerprint density at radius 1 is 0.729 bits per heavy atom. The minimum absolute atomic E-state index is 0.210. The van der Waals surface area contributed by atoms with Crippen LogP contribution in [0.3, 0.4) is 0 Å². The molecule has 0 aliphatic carbocycles. The van der Waals surface area contributed by atoms with Gasteiger partial charge in [-0.3, -0.25) is 0 Å². The van der Waals surface area contributed by atoms with Gasteiger partial charge in [0.25, 0.3) is 0 Å². The average Bonchev–Trinajstić information content (AvgIpc) is 3.13. The fourth-order valence-electron chi connectivity index (χ4n) is 6.76. The van der Waals surface area contributed by atoms with Crippen molar-refractivity contribution in [3.8, 4) is 23.6 Å². The Kier molecular flexibility index (Phi) is 10.7. The highest BCUT2D eigenvalue weighted by Crippen LogP contribution is 2.37. The first-order valence-corrected chi connectivity index (χ1v) is 17.3. The predicted octanol–water partition coefficient (Wildman–Crippen LogP) is 5.98. The first-order chi connectivity index (χ1) is 23.5. The number of fused-ring (bicyclic) bond motifs is 2. The molecule has 2 atom stereocenters. The number of nitriles is 2. The van der Waals surface area contributed by atoms with Crippen LogP contribution in [0, 0.1) is 34.5 Å². The van der Waals surface area contributed by atoms with E-state index in [1.165, 1.54) is 0 Å². The number of methoxy groups -OCH3 is 2. The van der Waals surface area contributed by atoms with Crippen molar-refractivity contribution in [3.63, 3.8) is 0 Å². The van der Waals surface area contributed by atoms with Gasteiger partial charge in [-0.05, 0) is 74.6 Å². The Morgan fingerprint density at radius 3 is 1.52 bits per heavy atom. The summed E-state index contributed by atoms with van der Waals surface area (Å²) in [5.41, 5.74) is 1.54. The first-order valence-electron chi connectivity index (χ1n) is 16.2. The van der Waals surface area contributed by atoms with E-state index < -0.39 is 20.5 Å². The number of hydrogen-bond donors (Lipinski definition) is 0. The number of anilines is 2. The van der Waals surface area contributed by atoms with Gasteiger partial charge in [0.2, 0.25) is 12.2 Å². The molecule has 2 aliphatic rings. The fraction of sp³-hybridized carbons (Fsp3) is 0.471. The average molecular weight is 670 g/mol. The molecule has 14 heteroatoms. The lowest BCUT2D eigenvalue weighted by atomic mass is 9.91. The molecular weight excluding hydrogens is 631 g/mol. The third kappa shape index (κ3) is 7.39. The van der Waals surface area contributed by atoms with Crippen LogP contribution in [-0.4, -0.2) is 72.5 Å². The summed E-state index contributed by atoms with van der Waals surface area (Å²) < 4.78 is 34.9. The Labute approximate surface area is 280 Å². The lowest BCUT2D eigenvalue weighted by Crippen LogP contribution is -2.35. The van der Waals surface area contributed by atoms with Crippen LogP contribution in [0.15, 0.2) is 49.1 Å². The van der Waals surface area contributed by atoms with Crippen LogP contribution in [-0.2, 0) is 13.6 Å². The maximum Gasteiger partial charge on any atom is 0.700 e. The van der Waals surface area contributed by atoms with Crippen molar-refractivity contribution in [2.75, 3.05) is 50.2 Å². The van der Waals surface area contributed by atoms with E-state index in [2.05, 4.69) is 41.9 Å². The molecule has 13 nitrogen and oxygen atoms in total. The highest BCUT2D eigenvalue weighted by molar-refractivity contribution is 7.33. The molecule has 4 aromatic rings. The zero-order valence-corrected chi connectivity index (χ0v) is 28.0. The number of nitrogens with zero attached hydrogens (tertiary/aromatic N) is 8. The molecule has 0 N–H and O–H groups in total. The summed E-state index contributed by atoms with van der Waals surface area (Å²) in [5.74, 6) is 3.55. The van der Waals surface area contributed by atoms with E-state index in [9.17, 15) is 15.1 Å². The smallest absolute Gasteiger partial charge is 0.494 e. The highest BCUT2D eigenvalue weighted by Gasteiger charge is 2.36. The van der Waals surface area contributed by atoms with Gasteiger partial charge in [-0.15, -0.1) is 9.05 Å². The summed E-state index contributed by atoms with van der Waals surface area (Å²) in [6.07, 6.45) is 5.51. The van der Waals surface area contributed by atoms with Gasteiger partial charge in [0, 0.05) is 41.5 Å². The fourth-order valence-corrected chi connectivity index (χ4v) is 7.50. The zero-order valence-electron chi connectivity index (χ0n) is 27.1. The van der Waals surface area contributed by atoms with E-state index in [0.717, 1.165) is 85.3 Å². The van der Waals surface area contributed by atoms with Crippen LogP contribution < -0.4 is 19.3 Å². The molecule has 2 aliphatic heterocycles. The lowest BCUT2D eigenvalue weighted by molar-refractivity contribution is 0.140. The number of aromatic nitrogens is 4. The molecule has 0 amide bonds. The molecule has 2 aromatic carbocycles. The van der Waals surface area contributed by atoms with Crippen molar-refractivity contribution in [1.29, 1.82) is 10.5 Å². The molecule has 248 valence electrons. The molecule has 0 spiro atoms. The molecule has 6 rings (SSSR count). The molecule has 2 saturated heterocycles. The highest BCUT2D eigenvalue weighted by atomic mass is 31.1. The lowest BCUT2D eigenvalue weighted by Gasteiger charge is -2.33. The largest absolute Gasteiger partial charge is 0.700 e. The molecule has 0 saturated carbocycles. The third-order valence-corrected chi connectivity index (χ3v) is 10.1. The van der Waals surface area contributed by atoms with Gasteiger partial charge < -0.3 is 19.3 Å². The van der Waals surface area contributed by atoms with E-state index in [1.54, 1.807) is 26.9 Å². The van der Waals surface area contributed by atoms with Gasteiger partial charge in [-0.2, -0.15) is 10.5 Å². The number of piperidine rings is 2. The van der Waals surface area contributed by atoms with Gasteiger partial charge in [0.05, 0.1) is 26.4 Å². The molecule has 0 radical (unpaired) electrons. The molecule has 4 heterocycles. The SMILES string of the molecule is COc1cccc2c(N3CCC(CC(C#N)O[P+](=O)OC(C#N)CC4CCN(c5ncnc6c(OC)cccc56)CC4)CC3)ncnc12.